The first-order valence-corrected chi connectivity index (χ1v) is 10.9. The molecule has 0 atom stereocenters. The first-order chi connectivity index (χ1) is 13.5. The third-order valence-corrected chi connectivity index (χ3v) is 6.72. The molecule has 0 bridgehead atoms. The number of hydrogen-bond donors (Lipinski definition) is 0. The quantitative estimate of drug-likeness (QED) is 0.747. The molecular formula is C21H25N3O3S. The van der Waals surface area contributed by atoms with Crippen molar-refractivity contribution in [3.05, 3.63) is 59.7 Å². The fraction of sp³-hybridized carbons (Fsp3) is 0.381. The Morgan fingerprint density at radius 1 is 1.00 bits per heavy atom. The summed E-state index contributed by atoms with van der Waals surface area (Å²) in [4.78, 5) is 2.56. The van der Waals surface area contributed by atoms with Gasteiger partial charge in [0.15, 0.2) is 0 Å². The number of sulfonamides is 1. The molecule has 28 heavy (non-hydrogen) atoms. The third-order valence-electron chi connectivity index (χ3n) is 4.81. The summed E-state index contributed by atoms with van der Waals surface area (Å²) in [7, 11) is -3.51. The monoisotopic (exact) mass is 399 g/mol. The molecule has 7 heteroatoms. The Kier molecular flexibility index (Phi) is 6.68. The van der Waals surface area contributed by atoms with Gasteiger partial charge in [-0.1, -0.05) is 12.1 Å². The molecule has 0 aromatic heterocycles. The predicted molar refractivity (Wildman–Crippen MR) is 107 cm³/mol. The maximum atomic E-state index is 13.0. The lowest BCUT2D eigenvalue weighted by atomic mass is 10.1. The summed E-state index contributed by atoms with van der Waals surface area (Å²) >= 11 is 0. The van der Waals surface area contributed by atoms with Crippen molar-refractivity contribution >= 4 is 10.0 Å². The highest BCUT2D eigenvalue weighted by molar-refractivity contribution is 7.89. The van der Waals surface area contributed by atoms with Crippen LogP contribution in [0.15, 0.2) is 53.4 Å². The van der Waals surface area contributed by atoms with Gasteiger partial charge in [0.1, 0.15) is 5.75 Å². The lowest BCUT2D eigenvalue weighted by molar-refractivity contribution is 0.278. The van der Waals surface area contributed by atoms with Crippen LogP contribution in [0.3, 0.4) is 0 Å². The van der Waals surface area contributed by atoms with Crippen LogP contribution in [-0.4, -0.2) is 50.4 Å². The van der Waals surface area contributed by atoms with Gasteiger partial charge in [-0.25, -0.2) is 8.42 Å². The Balaban J connectivity index is 1.64. The molecule has 1 fully saturated rings. The van der Waals surface area contributed by atoms with Gasteiger partial charge in [0.2, 0.25) is 10.0 Å². The summed E-state index contributed by atoms with van der Waals surface area (Å²) in [5.74, 6) is 0.672. The Morgan fingerprint density at radius 2 is 1.71 bits per heavy atom. The molecule has 1 saturated heterocycles. The van der Waals surface area contributed by atoms with E-state index in [2.05, 4.69) is 11.0 Å². The lowest BCUT2D eigenvalue weighted by Crippen LogP contribution is -2.35. The maximum absolute atomic E-state index is 13.0. The Bertz CT molecular complexity index is 919. The molecule has 3 rings (SSSR count). The molecule has 0 spiro atoms. The molecule has 1 heterocycles. The van der Waals surface area contributed by atoms with E-state index in [0.717, 1.165) is 25.1 Å². The van der Waals surface area contributed by atoms with Crippen LogP contribution in [0.5, 0.6) is 5.75 Å². The second kappa shape index (κ2) is 9.20. The summed E-state index contributed by atoms with van der Waals surface area (Å²) in [5, 5.41) is 8.90. The fourth-order valence-corrected chi connectivity index (χ4v) is 4.78. The highest BCUT2D eigenvalue weighted by Crippen LogP contribution is 2.21. The van der Waals surface area contributed by atoms with Gasteiger partial charge in [0.05, 0.1) is 23.1 Å². The smallest absolute Gasteiger partial charge is 0.243 e. The predicted octanol–water partition coefficient (Wildman–Crippen LogP) is 2.85. The van der Waals surface area contributed by atoms with E-state index >= 15 is 0 Å². The van der Waals surface area contributed by atoms with E-state index < -0.39 is 10.0 Å². The Hall–Kier alpha value is -2.40. The van der Waals surface area contributed by atoms with E-state index in [9.17, 15) is 8.42 Å². The van der Waals surface area contributed by atoms with Crippen LogP contribution in [0.2, 0.25) is 0 Å². The van der Waals surface area contributed by atoms with E-state index in [-0.39, 0.29) is 0 Å². The second-order valence-electron chi connectivity index (χ2n) is 6.75. The van der Waals surface area contributed by atoms with Crippen molar-refractivity contribution in [2.75, 3.05) is 32.8 Å². The molecule has 0 unspecified atom stereocenters. The normalized spacial score (nSPS) is 16.3. The van der Waals surface area contributed by atoms with Crippen molar-refractivity contribution in [3.8, 4) is 11.8 Å². The van der Waals surface area contributed by atoms with Crippen molar-refractivity contribution in [3.63, 3.8) is 0 Å². The number of benzene rings is 2. The van der Waals surface area contributed by atoms with Crippen LogP contribution < -0.4 is 4.74 Å². The van der Waals surface area contributed by atoms with E-state index in [1.54, 1.807) is 28.6 Å². The molecule has 0 N–H and O–H groups in total. The number of rotatable bonds is 6. The molecule has 0 aliphatic carbocycles. The van der Waals surface area contributed by atoms with Gasteiger partial charge >= 0.3 is 0 Å². The largest absolute Gasteiger partial charge is 0.494 e. The molecule has 0 saturated carbocycles. The lowest BCUT2D eigenvalue weighted by Gasteiger charge is -2.22. The standard InChI is InChI=1S/C21H25N3O3S/c1-2-27-20-8-10-21(11-9-20)28(25,26)24-13-3-12-23(14-15-24)17-19-6-4-18(16-22)5-7-19/h4-11H,2-3,12-15,17H2,1H3. The molecule has 2 aromatic carbocycles. The Morgan fingerprint density at radius 3 is 2.36 bits per heavy atom. The Labute approximate surface area is 167 Å². The first kappa shape index (κ1) is 20.3. The van der Waals surface area contributed by atoms with Gasteiger partial charge in [0.25, 0.3) is 0 Å². The van der Waals surface area contributed by atoms with Gasteiger partial charge in [-0.3, -0.25) is 4.90 Å². The minimum absolute atomic E-state index is 0.302. The van der Waals surface area contributed by atoms with Crippen LogP contribution in [0.25, 0.3) is 0 Å². The van der Waals surface area contributed by atoms with E-state index in [1.807, 2.05) is 31.2 Å². The van der Waals surface area contributed by atoms with Gasteiger partial charge in [-0.15, -0.1) is 0 Å². The minimum atomic E-state index is -3.51. The molecule has 148 valence electrons. The molecule has 0 amide bonds. The molecule has 2 aromatic rings. The van der Waals surface area contributed by atoms with E-state index in [0.29, 0.717) is 42.4 Å². The number of ether oxygens (including phenoxy) is 1. The number of nitrogens with zero attached hydrogens (tertiary/aromatic N) is 3. The van der Waals surface area contributed by atoms with Crippen LogP contribution in [0.1, 0.15) is 24.5 Å². The van der Waals surface area contributed by atoms with Crippen molar-refractivity contribution in [1.29, 1.82) is 5.26 Å². The SMILES string of the molecule is CCOc1ccc(S(=O)(=O)N2CCCN(Cc3ccc(C#N)cc3)CC2)cc1. The van der Waals surface area contributed by atoms with E-state index in [4.69, 9.17) is 10.00 Å². The zero-order valence-corrected chi connectivity index (χ0v) is 16.9. The zero-order chi connectivity index (χ0) is 20.0. The van der Waals surface area contributed by atoms with Gasteiger partial charge < -0.3 is 4.74 Å². The summed E-state index contributed by atoms with van der Waals surface area (Å²) < 4.78 is 32.9. The highest BCUT2D eigenvalue weighted by atomic mass is 32.2. The third kappa shape index (κ3) is 4.90. The summed E-state index contributed by atoms with van der Waals surface area (Å²) in [5.41, 5.74) is 1.77. The summed E-state index contributed by atoms with van der Waals surface area (Å²) in [6, 6.07) is 16.3. The molecule has 1 aliphatic rings. The van der Waals surface area contributed by atoms with Gasteiger partial charge in [-0.2, -0.15) is 9.57 Å². The molecule has 1 aliphatic heterocycles. The van der Waals surface area contributed by atoms with Gasteiger partial charge in [-0.05, 0) is 61.9 Å². The molecular weight excluding hydrogens is 374 g/mol. The van der Waals surface area contributed by atoms with Crippen LogP contribution >= 0.6 is 0 Å². The van der Waals surface area contributed by atoms with E-state index in [1.165, 1.54) is 0 Å². The fourth-order valence-electron chi connectivity index (χ4n) is 3.31. The van der Waals surface area contributed by atoms with Crippen molar-refractivity contribution < 1.29 is 13.2 Å². The molecule has 6 nitrogen and oxygen atoms in total. The second-order valence-corrected chi connectivity index (χ2v) is 8.68. The van der Waals surface area contributed by atoms with Crippen LogP contribution in [0.4, 0.5) is 0 Å². The van der Waals surface area contributed by atoms with Gasteiger partial charge in [0, 0.05) is 26.2 Å². The zero-order valence-electron chi connectivity index (χ0n) is 16.0. The van der Waals surface area contributed by atoms with Crippen molar-refractivity contribution in [1.82, 2.24) is 9.21 Å². The topological polar surface area (TPSA) is 73.6 Å². The maximum Gasteiger partial charge on any atom is 0.243 e. The van der Waals surface area contributed by atoms with Crippen LogP contribution in [0, 0.1) is 11.3 Å². The average molecular weight is 400 g/mol. The number of hydrogen-bond acceptors (Lipinski definition) is 5. The molecule has 0 radical (unpaired) electrons. The summed E-state index contributed by atoms with van der Waals surface area (Å²) in [6.07, 6.45) is 0.784. The van der Waals surface area contributed by atoms with Crippen molar-refractivity contribution in [2.24, 2.45) is 0 Å². The van der Waals surface area contributed by atoms with Crippen molar-refractivity contribution in [2.45, 2.75) is 24.8 Å². The highest BCUT2D eigenvalue weighted by Gasteiger charge is 2.26. The van der Waals surface area contributed by atoms with Crippen LogP contribution in [-0.2, 0) is 16.6 Å². The minimum Gasteiger partial charge on any atom is -0.494 e. The number of nitriles is 1. The average Bonchev–Trinajstić information content (AvgIpc) is 2.95. The summed E-state index contributed by atoms with van der Waals surface area (Å²) in [6.45, 7) is 5.69. The first-order valence-electron chi connectivity index (χ1n) is 9.47.